The number of carbonyl (C=O) groups is 2. The number of nitrogens with one attached hydrogen (secondary N) is 2. The van der Waals surface area contributed by atoms with Gasteiger partial charge in [-0.1, -0.05) is 36.4 Å². The number of anilines is 4. The van der Waals surface area contributed by atoms with E-state index in [2.05, 4.69) is 30.5 Å². The van der Waals surface area contributed by atoms with Crippen molar-refractivity contribution in [2.24, 2.45) is 5.92 Å². The number of rotatable bonds is 6. The zero-order valence-electron chi connectivity index (χ0n) is 17.3. The van der Waals surface area contributed by atoms with Gasteiger partial charge in [-0.25, -0.2) is 9.97 Å². The Hall–Kier alpha value is -3.81. The predicted octanol–water partition coefficient (Wildman–Crippen LogP) is 3.67. The summed E-state index contributed by atoms with van der Waals surface area (Å²) in [6.45, 7) is 2.89. The maximum Gasteiger partial charge on any atom is 0.231 e. The Morgan fingerprint density at radius 3 is 2.45 bits per heavy atom. The van der Waals surface area contributed by atoms with Gasteiger partial charge < -0.3 is 15.5 Å². The van der Waals surface area contributed by atoms with Gasteiger partial charge in [0.25, 0.3) is 0 Å². The highest BCUT2D eigenvalue weighted by Gasteiger charge is 2.27. The van der Waals surface area contributed by atoms with Crippen LogP contribution in [0.5, 0.6) is 0 Å². The quantitative estimate of drug-likeness (QED) is 0.591. The van der Waals surface area contributed by atoms with Crippen LogP contribution < -0.4 is 15.5 Å². The fourth-order valence-electron chi connectivity index (χ4n) is 3.69. The lowest BCUT2D eigenvalue weighted by molar-refractivity contribution is -0.114. The summed E-state index contributed by atoms with van der Waals surface area (Å²) in [4.78, 5) is 39.1. The number of ketones is 1. The van der Waals surface area contributed by atoms with Crippen LogP contribution in [0.2, 0.25) is 0 Å². The molecule has 1 aliphatic heterocycles. The molecule has 1 aliphatic rings. The molecule has 0 unspecified atom stereocenters. The van der Waals surface area contributed by atoms with Crippen LogP contribution in [0.25, 0.3) is 0 Å². The highest BCUT2D eigenvalue weighted by atomic mass is 16.1. The Bertz CT molecular complexity index is 1060. The second-order valence-corrected chi connectivity index (χ2v) is 7.49. The SMILES string of the molecule is CC(=O)Nc1cccc(Nc2ncnc(N3CCC(C(=O)c4ccccc4)CC3)n2)c1. The van der Waals surface area contributed by atoms with E-state index in [4.69, 9.17) is 0 Å². The Balaban J connectivity index is 1.39. The molecule has 2 N–H and O–H groups in total. The van der Waals surface area contributed by atoms with Gasteiger partial charge in [0, 0.05) is 42.9 Å². The van der Waals surface area contributed by atoms with Crippen molar-refractivity contribution in [3.63, 3.8) is 0 Å². The molecule has 0 aliphatic carbocycles. The van der Waals surface area contributed by atoms with Crippen molar-refractivity contribution in [2.75, 3.05) is 28.6 Å². The van der Waals surface area contributed by atoms with Crippen molar-refractivity contribution in [2.45, 2.75) is 19.8 Å². The van der Waals surface area contributed by atoms with E-state index in [9.17, 15) is 9.59 Å². The summed E-state index contributed by atoms with van der Waals surface area (Å²) < 4.78 is 0. The normalized spacial score (nSPS) is 14.2. The van der Waals surface area contributed by atoms with Crippen molar-refractivity contribution in [1.29, 1.82) is 0 Å². The van der Waals surface area contributed by atoms with E-state index in [0.29, 0.717) is 30.7 Å². The minimum Gasteiger partial charge on any atom is -0.341 e. The Kier molecular flexibility index (Phi) is 6.16. The molecule has 8 heteroatoms. The topological polar surface area (TPSA) is 100 Å². The number of nitrogens with zero attached hydrogens (tertiary/aromatic N) is 4. The summed E-state index contributed by atoms with van der Waals surface area (Å²) in [5.41, 5.74) is 2.22. The first-order valence-corrected chi connectivity index (χ1v) is 10.3. The summed E-state index contributed by atoms with van der Waals surface area (Å²) in [6.07, 6.45) is 3.01. The van der Waals surface area contributed by atoms with Gasteiger partial charge in [-0.05, 0) is 31.0 Å². The molecule has 1 saturated heterocycles. The van der Waals surface area contributed by atoms with Crippen molar-refractivity contribution in [1.82, 2.24) is 15.0 Å². The minimum absolute atomic E-state index is 0.0228. The zero-order valence-corrected chi connectivity index (χ0v) is 17.3. The highest BCUT2D eigenvalue weighted by molar-refractivity contribution is 5.98. The number of benzene rings is 2. The van der Waals surface area contributed by atoms with Crippen molar-refractivity contribution >= 4 is 35.0 Å². The smallest absolute Gasteiger partial charge is 0.231 e. The van der Waals surface area contributed by atoms with Gasteiger partial charge in [-0.15, -0.1) is 0 Å². The number of amides is 1. The molecule has 0 saturated carbocycles. The molecule has 1 aromatic heterocycles. The second kappa shape index (κ2) is 9.34. The molecule has 1 amide bonds. The molecule has 0 atom stereocenters. The molecule has 4 rings (SSSR count). The minimum atomic E-state index is -0.131. The molecule has 2 aromatic carbocycles. The molecule has 8 nitrogen and oxygen atoms in total. The van der Waals surface area contributed by atoms with Gasteiger partial charge in [0.15, 0.2) is 5.78 Å². The Morgan fingerprint density at radius 2 is 1.71 bits per heavy atom. The number of aromatic nitrogens is 3. The summed E-state index contributed by atoms with van der Waals surface area (Å²) in [5, 5.41) is 5.90. The molecule has 0 radical (unpaired) electrons. The average molecular weight is 416 g/mol. The van der Waals surface area contributed by atoms with E-state index in [-0.39, 0.29) is 17.6 Å². The van der Waals surface area contributed by atoms with Gasteiger partial charge in [0.05, 0.1) is 0 Å². The van der Waals surface area contributed by atoms with Crippen LogP contribution in [0, 0.1) is 5.92 Å². The lowest BCUT2D eigenvalue weighted by Gasteiger charge is -2.31. The molecule has 31 heavy (non-hydrogen) atoms. The first-order chi connectivity index (χ1) is 15.1. The third kappa shape index (κ3) is 5.22. The highest BCUT2D eigenvalue weighted by Crippen LogP contribution is 2.25. The van der Waals surface area contributed by atoms with Crippen LogP contribution in [0.1, 0.15) is 30.1 Å². The van der Waals surface area contributed by atoms with Crippen LogP contribution >= 0.6 is 0 Å². The van der Waals surface area contributed by atoms with E-state index in [1.54, 1.807) is 0 Å². The van der Waals surface area contributed by atoms with E-state index in [1.807, 2.05) is 54.6 Å². The van der Waals surface area contributed by atoms with Crippen molar-refractivity contribution in [3.8, 4) is 0 Å². The first-order valence-electron chi connectivity index (χ1n) is 10.3. The van der Waals surface area contributed by atoms with E-state index >= 15 is 0 Å². The van der Waals surface area contributed by atoms with Crippen LogP contribution in [0.4, 0.5) is 23.3 Å². The summed E-state index contributed by atoms with van der Waals surface area (Å²) in [5.74, 6) is 1.11. The third-order valence-corrected chi connectivity index (χ3v) is 5.21. The van der Waals surface area contributed by atoms with Gasteiger partial charge in [-0.3, -0.25) is 9.59 Å². The summed E-state index contributed by atoms with van der Waals surface area (Å²) in [7, 11) is 0. The number of hydrogen-bond donors (Lipinski definition) is 2. The third-order valence-electron chi connectivity index (χ3n) is 5.21. The molecule has 2 heterocycles. The van der Waals surface area contributed by atoms with Crippen LogP contribution in [0.3, 0.4) is 0 Å². The van der Waals surface area contributed by atoms with Crippen LogP contribution in [-0.2, 0) is 4.79 Å². The number of piperidine rings is 1. The molecule has 3 aromatic rings. The average Bonchev–Trinajstić information content (AvgIpc) is 2.79. The molecule has 0 bridgehead atoms. The zero-order chi connectivity index (χ0) is 21.6. The van der Waals surface area contributed by atoms with E-state index < -0.39 is 0 Å². The molecule has 0 spiro atoms. The van der Waals surface area contributed by atoms with Gasteiger partial charge in [0.1, 0.15) is 6.33 Å². The van der Waals surface area contributed by atoms with E-state index in [0.717, 1.165) is 24.1 Å². The maximum absolute atomic E-state index is 12.7. The fourth-order valence-corrected chi connectivity index (χ4v) is 3.69. The standard InChI is InChI=1S/C23H24N6O2/c1-16(30)26-19-8-5-9-20(14-19)27-22-24-15-25-23(28-22)29-12-10-18(11-13-29)21(31)17-6-3-2-4-7-17/h2-9,14-15,18H,10-13H2,1H3,(H,26,30)(H,24,25,27,28). The van der Waals surface area contributed by atoms with Crippen molar-refractivity contribution < 1.29 is 9.59 Å². The number of carbonyl (C=O) groups excluding carboxylic acids is 2. The number of Topliss-reactive ketones (excluding diaryl/α,β-unsaturated/α-hetero) is 1. The molecule has 158 valence electrons. The van der Waals surface area contributed by atoms with E-state index in [1.165, 1.54) is 13.3 Å². The lowest BCUT2D eigenvalue weighted by atomic mass is 9.89. The summed E-state index contributed by atoms with van der Waals surface area (Å²) >= 11 is 0. The lowest BCUT2D eigenvalue weighted by Crippen LogP contribution is -2.37. The van der Waals surface area contributed by atoms with Crippen molar-refractivity contribution in [3.05, 3.63) is 66.5 Å². The van der Waals surface area contributed by atoms with Gasteiger partial charge in [-0.2, -0.15) is 4.98 Å². The number of hydrogen-bond acceptors (Lipinski definition) is 7. The Labute approximate surface area is 180 Å². The fraction of sp³-hybridized carbons (Fsp3) is 0.261. The second-order valence-electron chi connectivity index (χ2n) is 7.49. The largest absolute Gasteiger partial charge is 0.341 e. The summed E-state index contributed by atoms with van der Waals surface area (Å²) in [6, 6.07) is 16.8. The van der Waals surface area contributed by atoms with Gasteiger partial charge >= 0.3 is 0 Å². The van der Waals surface area contributed by atoms with Gasteiger partial charge in [0.2, 0.25) is 17.8 Å². The Morgan fingerprint density at radius 1 is 0.968 bits per heavy atom. The van der Waals surface area contributed by atoms with Crippen LogP contribution in [-0.4, -0.2) is 39.7 Å². The van der Waals surface area contributed by atoms with Crippen LogP contribution in [0.15, 0.2) is 60.9 Å². The molecule has 1 fully saturated rings. The predicted molar refractivity (Wildman–Crippen MR) is 120 cm³/mol. The molecular formula is C23H24N6O2. The maximum atomic E-state index is 12.7. The first kappa shape index (κ1) is 20.5. The molecular weight excluding hydrogens is 392 g/mol. The monoisotopic (exact) mass is 416 g/mol.